The normalized spacial score (nSPS) is 15.1. The van der Waals surface area contributed by atoms with Gasteiger partial charge in [-0.1, -0.05) is 20.8 Å². The van der Waals surface area contributed by atoms with Gasteiger partial charge < -0.3 is 10.4 Å². The Morgan fingerprint density at radius 2 is 2.18 bits per heavy atom. The zero-order chi connectivity index (χ0) is 12.7. The number of aliphatic hydroxyl groups is 1. The van der Waals surface area contributed by atoms with Crippen LogP contribution in [0.2, 0.25) is 0 Å². The van der Waals surface area contributed by atoms with Crippen LogP contribution < -0.4 is 5.32 Å². The van der Waals surface area contributed by atoms with E-state index in [1.54, 1.807) is 0 Å². The number of rotatable bonds is 8. The molecule has 2 unspecified atom stereocenters. The van der Waals surface area contributed by atoms with E-state index >= 15 is 0 Å². The SMILES string of the molecule is CCC(CCO)NC(Cn1cccn1)C(C)C. The van der Waals surface area contributed by atoms with Gasteiger partial charge >= 0.3 is 0 Å². The van der Waals surface area contributed by atoms with Crippen molar-refractivity contribution in [3.63, 3.8) is 0 Å². The molecular weight excluding hydrogens is 214 g/mol. The van der Waals surface area contributed by atoms with Crippen LogP contribution in [0, 0.1) is 5.92 Å². The zero-order valence-electron chi connectivity index (χ0n) is 11.1. The topological polar surface area (TPSA) is 50.1 Å². The predicted molar refractivity (Wildman–Crippen MR) is 69.8 cm³/mol. The third-order valence-electron chi connectivity index (χ3n) is 3.17. The summed E-state index contributed by atoms with van der Waals surface area (Å²) in [6, 6.07) is 2.73. The highest BCUT2D eigenvalue weighted by atomic mass is 16.3. The molecule has 1 heterocycles. The lowest BCUT2D eigenvalue weighted by atomic mass is 10.0. The van der Waals surface area contributed by atoms with E-state index in [4.69, 9.17) is 5.11 Å². The highest BCUT2D eigenvalue weighted by Crippen LogP contribution is 2.08. The molecule has 0 bridgehead atoms. The largest absolute Gasteiger partial charge is 0.396 e. The maximum Gasteiger partial charge on any atom is 0.0565 e. The van der Waals surface area contributed by atoms with E-state index in [0.717, 1.165) is 19.4 Å². The number of hydrogen-bond donors (Lipinski definition) is 2. The molecule has 0 aliphatic rings. The second kappa shape index (κ2) is 7.45. The van der Waals surface area contributed by atoms with Gasteiger partial charge in [-0.05, 0) is 24.8 Å². The van der Waals surface area contributed by atoms with Crippen molar-refractivity contribution in [1.82, 2.24) is 15.1 Å². The first kappa shape index (κ1) is 14.2. The summed E-state index contributed by atoms with van der Waals surface area (Å²) in [6.45, 7) is 7.71. The van der Waals surface area contributed by atoms with Crippen LogP contribution in [0.4, 0.5) is 0 Å². The summed E-state index contributed by atoms with van der Waals surface area (Å²) in [7, 11) is 0. The average Bonchev–Trinajstić information content (AvgIpc) is 2.79. The fourth-order valence-corrected chi connectivity index (χ4v) is 1.93. The van der Waals surface area contributed by atoms with Crippen molar-refractivity contribution < 1.29 is 5.11 Å². The Morgan fingerprint density at radius 1 is 1.41 bits per heavy atom. The molecule has 1 aromatic rings. The standard InChI is InChI=1S/C13H25N3O/c1-4-12(6-9-17)15-13(11(2)3)10-16-8-5-7-14-16/h5,7-8,11-13,15,17H,4,6,9-10H2,1-3H3. The van der Waals surface area contributed by atoms with Gasteiger partial charge in [0.25, 0.3) is 0 Å². The molecule has 0 saturated heterocycles. The van der Waals surface area contributed by atoms with Crippen LogP contribution in [0.1, 0.15) is 33.6 Å². The molecule has 0 amide bonds. The van der Waals surface area contributed by atoms with E-state index in [-0.39, 0.29) is 6.61 Å². The van der Waals surface area contributed by atoms with E-state index in [2.05, 4.69) is 31.2 Å². The second-order valence-corrected chi connectivity index (χ2v) is 4.86. The van der Waals surface area contributed by atoms with E-state index < -0.39 is 0 Å². The van der Waals surface area contributed by atoms with Gasteiger partial charge in [0.15, 0.2) is 0 Å². The smallest absolute Gasteiger partial charge is 0.0565 e. The first-order valence-corrected chi connectivity index (χ1v) is 6.51. The van der Waals surface area contributed by atoms with E-state index in [0.29, 0.717) is 18.0 Å². The highest BCUT2D eigenvalue weighted by molar-refractivity contribution is 4.82. The van der Waals surface area contributed by atoms with Crippen LogP contribution >= 0.6 is 0 Å². The van der Waals surface area contributed by atoms with Crippen LogP contribution in [0.5, 0.6) is 0 Å². The minimum absolute atomic E-state index is 0.248. The Balaban J connectivity index is 2.53. The monoisotopic (exact) mass is 239 g/mol. The van der Waals surface area contributed by atoms with E-state index in [9.17, 15) is 0 Å². The first-order valence-electron chi connectivity index (χ1n) is 6.51. The third kappa shape index (κ3) is 4.88. The lowest BCUT2D eigenvalue weighted by Gasteiger charge is -2.27. The van der Waals surface area contributed by atoms with Gasteiger partial charge in [-0.15, -0.1) is 0 Å². The summed E-state index contributed by atoms with van der Waals surface area (Å²) in [5, 5.41) is 16.9. The van der Waals surface area contributed by atoms with Crippen molar-refractivity contribution in [1.29, 1.82) is 0 Å². The van der Waals surface area contributed by atoms with Crippen molar-refractivity contribution >= 4 is 0 Å². The lowest BCUT2D eigenvalue weighted by Crippen LogP contribution is -2.44. The van der Waals surface area contributed by atoms with Gasteiger partial charge in [0.1, 0.15) is 0 Å². The molecule has 4 heteroatoms. The van der Waals surface area contributed by atoms with Crippen LogP contribution in [0.25, 0.3) is 0 Å². The quantitative estimate of drug-likeness (QED) is 0.725. The molecule has 0 spiro atoms. The van der Waals surface area contributed by atoms with Crippen LogP contribution in [-0.4, -0.2) is 33.6 Å². The van der Waals surface area contributed by atoms with Gasteiger partial charge in [-0.2, -0.15) is 5.10 Å². The molecule has 98 valence electrons. The van der Waals surface area contributed by atoms with Gasteiger partial charge in [0.05, 0.1) is 6.54 Å². The van der Waals surface area contributed by atoms with Crippen LogP contribution in [-0.2, 0) is 6.54 Å². The lowest BCUT2D eigenvalue weighted by molar-refractivity contribution is 0.236. The fourth-order valence-electron chi connectivity index (χ4n) is 1.93. The van der Waals surface area contributed by atoms with Gasteiger partial charge in [0.2, 0.25) is 0 Å². The summed E-state index contributed by atoms with van der Waals surface area (Å²) < 4.78 is 1.96. The van der Waals surface area contributed by atoms with Crippen molar-refractivity contribution in [2.45, 2.75) is 52.2 Å². The molecule has 0 aromatic carbocycles. The molecule has 0 aliphatic carbocycles. The molecule has 17 heavy (non-hydrogen) atoms. The van der Waals surface area contributed by atoms with Crippen molar-refractivity contribution in [2.75, 3.05) is 6.61 Å². The molecule has 4 nitrogen and oxygen atoms in total. The van der Waals surface area contributed by atoms with Crippen molar-refractivity contribution in [3.8, 4) is 0 Å². The van der Waals surface area contributed by atoms with E-state index in [1.807, 2.05) is 23.1 Å². The summed E-state index contributed by atoms with van der Waals surface area (Å²) in [5.41, 5.74) is 0. The van der Waals surface area contributed by atoms with Crippen molar-refractivity contribution in [3.05, 3.63) is 18.5 Å². The molecular formula is C13H25N3O. The third-order valence-corrected chi connectivity index (χ3v) is 3.17. The van der Waals surface area contributed by atoms with Gasteiger partial charge in [-0.25, -0.2) is 0 Å². The summed E-state index contributed by atoms with van der Waals surface area (Å²) in [5.74, 6) is 0.548. The maximum absolute atomic E-state index is 9.02. The molecule has 0 fully saturated rings. The summed E-state index contributed by atoms with van der Waals surface area (Å²) >= 11 is 0. The average molecular weight is 239 g/mol. The van der Waals surface area contributed by atoms with Crippen LogP contribution in [0.15, 0.2) is 18.5 Å². The second-order valence-electron chi connectivity index (χ2n) is 4.86. The van der Waals surface area contributed by atoms with Gasteiger partial charge in [0, 0.05) is 31.1 Å². The van der Waals surface area contributed by atoms with Crippen LogP contribution in [0.3, 0.4) is 0 Å². The summed E-state index contributed by atoms with van der Waals surface area (Å²) in [4.78, 5) is 0. The van der Waals surface area contributed by atoms with Crippen molar-refractivity contribution in [2.24, 2.45) is 5.92 Å². The Kier molecular flexibility index (Phi) is 6.22. The number of nitrogens with one attached hydrogen (secondary N) is 1. The maximum atomic E-state index is 9.02. The minimum Gasteiger partial charge on any atom is -0.396 e. The number of aliphatic hydroxyl groups excluding tert-OH is 1. The first-order chi connectivity index (χ1) is 8.17. The Morgan fingerprint density at radius 3 is 2.65 bits per heavy atom. The molecule has 1 aromatic heterocycles. The molecule has 0 saturated carbocycles. The molecule has 0 aliphatic heterocycles. The molecule has 2 N–H and O–H groups in total. The predicted octanol–water partition coefficient (Wildman–Crippen LogP) is 1.66. The Labute approximate surface area is 104 Å². The molecule has 0 radical (unpaired) electrons. The number of aromatic nitrogens is 2. The summed E-state index contributed by atoms with van der Waals surface area (Å²) in [6.07, 6.45) is 5.66. The Bertz CT molecular complexity index is 285. The number of hydrogen-bond acceptors (Lipinski definition) is 3. The zero-order valence-corrected chi connectivity index (χ0v) is 11.1. The van der Waals surface area contributed by atoms with E-state index in [1.165, 1.54) is 0 Å². The Hall–Kier alpha value is -0.870. The molecule has 1 rings (SSSR count). The fraction of sp³-hybridized carbons (Fsp3) is 0.769. The number of nitrogens with zero attached hydrogens (tertiary/aromatic N) is 2. The van der Waals surface area contributed by atoms with Gasteiger partial charge in [-0.3, -0.25) is 4.68 Å². The molecule has 2 atom stereocenters. The minimum atomic E-state index is 0.248. The highest BCUT2D eigenvalue weighted by Gasteiger charge is 2.17.